The van der Waals surface area contributed by atoms with Crippen molar-refractivity contribution in [3.8, 4) is 0 Å². The predicted molar refractivity (Wildman–Crippen MR) is 85.3 cm³/mol. The minimum absolute atomic E-state index is 0.0102. The maximum absolute atomic E-state index is 11.9. The summed E-state index contributed by atoms with van der Waals surface area (Å²) in [5.74, 6) is -1.66. The summed E-state index contributed by atoms with van der Waals surface area (Å²) in [6.45, 7) is 8.68. The van der Waals surface area contributed by atoms with Crippen LogP contribution in [0.25, 0.3) is 0 Å². The number of hydrogen-bond donors (Lipinski definition) is 1. The van der Waals surface area contributed by atoms with E-state index in [1.165, 1.54) is 0 Å². The number of alkyl carbamates (subject to hydrolysis) is 1. The number of ether oxygens (including phenoxy) is 3. The molecular weight excluding hydrogens is 318 g/mol. The minimum atomic E-state index is -1.02. The highest BCUT2D eigenvalue weighted by atomic mass is 16.6. The van der Waals surface area contributed by atoms with Crippen molar-refractivity contribution in [1.29, 1.82) is 0 Å². The zero-order valence-corrected chi connectivity index (χ0v) is 15.0. The van der Waals surface area contributed by atoms with Crippen LogP contribution in [0.4, 0.5) is 4.79 Å². The Morgan fingerprint density at radius 1 is 1.00 bits per heavy atom. The zero-order chi connectivity index (χ0) is 18.8. The van der Waals surface area contributed by atoms with Gasteiger partial charge in [-0.05, 0) is 41.0 Å². The number of amides is 1. The number of carbonyl (C=O) groups is 4. The van der Waals surface area contributed by atoms with Crippen LogP contribution in [0.3, 0.4) is 0 Å². The van der Waals surface area contributed by atoms with Crippen LogP contribution in [-0.4, -0.2) is 48.7 Å². The first-order chi connectivity index (χ1) is 11.1. The number of Topliss-reactive ketones (excluding diaryl/α,β-unsaturated/α-hetero) is 1. The third-order valence-electron chi connectivity index (χ3n) is 2.62. The average molecular weight is 345 g/mol. The standard InChI is InChI=1S/C16H27NO7/c1-6-22-13(19)10-11(18)8-9-12(14(20)23-7-2)17-15(21)24-16(3,4)5/h12H,6-10H2,1-5H3,(H,17,21). The molecule has 0 saturated heterocycles. The second kappa shape index (κ2) is 10.6. The lowest BCUT2D eigenvalue weighted by atomic mass is 10.1. The van der Waals surface area contributed by atoms with E-state index in [-0.39, 0.29) is 38.3 Å². The molecule has 0 rings (SSSR count). The number of esters is 2. The first-order valence-electron chi connectivity index (χ1n) is 7.92. The number of hydrogen-bond acceptors (Lipinski definition) is 7. The van der Waals surface area contributed by atoms with Crippen LogP contribution in [-0.2, 0) is 28.6 Å². The van der Waals surface area contributed by atoms with Gasteiger partial charge in [0.25, 0.3) is 0 Å². The first kappa shape index (κ1) is 21.9. The van der Waals surface area contributed by atoms with E-state index in [9.17, 15) is 19.2 Å². The largest absolute Gasteiger partial charge is 0.466 e. The molecule has 0 aromatic rings. The molecule has 0 radical (unpaired) electrons. The van der Waals surface area contributed by atoms with Crippen LogP contribution in [0.5, 0.6) is 0 Å². The Morgan fingerprint density at radius 2 is 1.58 bits per heavy atom. The maximum atomic E-state index is 11.9. The van der Waals surface area contributed by atoms with E-state index >= 15 is 0 Å². The van der Waals surface area contributed by atoms with Crippen molar-refractivity contribution in [3.05, 3.63) is 0 Å². The highest BCUT2D eigenvalue weighted by Crippen LogP contribution is 2.09. The van der Waals surface area contributed by atoms with Gasteiger partial charge < -0.3 is 19.5 Å². The molecule has 0 aliphatic rings. The summed E-state index contributed by atoms with van der Waals surface area (Å²) in [4.78, 5) is 46.6. The van der Waals surface area contributed by atoms with Gasteiger partial charge in [0, 0.05) is 6.42 Å². The van der Waals surface area contributed by atoms with Crippen molar-refractivity contribution in [3.63, 3.8) is 0 Å². The fraction of sp³-hybridized carbons (Fsp3) is 0.750. The third kappa shape index (κ3) is 10.6. The van der Waals surface area contributed by atoms with E-state index in [1.54, 1.807) is 34.6 Å². The molecule has 138 valence electrons. The van der Waals surface area contributed by atoms with E-state index in [2.05, 4.69) is 10.1 Å². The summed E-state index contributed by atoms with van der Waals surface area (Å²) < 4.78 is 14.6. The van der Waals surface area contributed by atoms with Crippen molar-refractivity contribution < 1.29 is 33.4 Å². The molecule has 0 fully saturated rings. The molecule has 1 N–H and O–H groups in total. The minimum Gasteiger partial charge on any atom is -0.466 e. The predicted octanol–water partition coefficient (Wildman–Crippen LogP) is 1.75. The van der Waals surface area contributed by atoms with Crippen molar-refractivity contribution in [2.45, 2.75) is 65.5 Å². The summed E-state index contributed by atoms with van der Waals surface area (Å²) in [5.41, 5.74) is -0.719. The van der Waals surface area contributed by atoms with Gasteiger partial charge in [-0.15, -0.1) is 0 Å². The normalized spacial score (nSPS) is 12.0. The highest BCUT2D eigenvalue weighted by Gasteiger charge is 2.26. The van der Waals surface area contributed by atoms with Crippen LogP contribution in [0.1, 0.15) is 53.9 Å². The van der Waals surface area contributed by atoms with Gasteiger partial charge in [-0.3, -0.25) is 9.59 Å². The van der Waals surface area contributed by atoms with Crippen molar-refractivity contribution in [1.82, 2.24) is 5.32 Å². The Bertz CT molecular complexity index is 454. The molecule has 8 heteroatoms. The van der Waals surface area contributed by atoms with Gasteiger partial charge in [0.2, 0.25) is 0 Å². The second-order valence-electron chi connectivity index (χ2n) is 6.01. The summed E-state index contributed by atoms with van der Waals surface area (Å²) in [6.07, 6.45) is -1.21. The van der Waals surface area contributed by atoms with Crippen LogP contribution >= 0.6 is 0 Å². The van der Waals surface area contributed by atoms with Crippen LogP contribution in [0, 0.1) is 0 Å². The van der Waals surface area contributed by atoms with Gasteiger partial charge in [0.1, 0.15) is 23.8 Å². The van der Waals surface area contributed by atoms with Crippen molar-refractivity contribution in [2.75, 3.05) is 13.2 Å². The number of nitrogens with one attached hydrogen (secondary N) is 1. The number of ketones is 1. The molecule has 0 saturated carbocycles. The van der Waals surface area contributed by atoms with Gasteiger partial charge in [-0.25, -0.2) is 9.59 Å². The van der Waals surface area contributed by atoms with Crippen LogP contribution in [0.2, 0.25) is 0 Å². The smallest absolute Gasteiger partial charge is 0.408 e. The molecule has 1 amide bonds. The van der Waals surface area contributed by atoms with E-state index < -0.39 is 29.7 Å². The molecule has 8 nitrogen and oxygen atoms in total. The molecule has 0 spiro atoms. The lowest BCUT2D eigenvalue weighted by Crippen LogP contribution is -2.44. The zero-order valence-electron chi connectivity index (χ0n) is 15.0. The summed E-state index contributed by atoms with van der Waals surface area (Å²) >= 11 is 0. The summed E-state index contributed by atoms with van der Waals surface area (Å²) in [6, 6.07) is -1.02. The molecule has 0 aromatic carbocycles. The quantitative estimate of drug-likeness (QED) is 0.385. The molecule has 0 aliphatic heterocycles. The highest BCUT2D eigenvalue weighted by molar-refractivity contribution is 5.95. The van der Waals surface area contributed by atoms with Crippen LogP contribution in [0.15, 0.2) is 0 Å². The molecule has 0 aromatic heterocycles. The Labute approximate surface area is 142 Å². The lowest BCUT2D eigenvalue weighted by molar-refractivity contribution is -0.145. The summed E-state index contributed by atoms with van der Waals surface area (Å²) in [5, 5.41) is 2.39. The number of carbonyl (C=O) groups excluding carboxylic acids is 4. The molecule has 0 bridgehead atoms. The summed E-state index contributed by atoms with van der Waals surface area (Å²) in [7, 11) is 0. The Balaban J connectivity index is 4.62. The first-order valence-corrected chi connectivity index (χ1v) is 7.92. The van der Waals surface area contributed by atoms with Gasteiger partial charge in [0.05, 0.1) is 13.2 Å². The molecule has 24 heavy (non-hydrogen) atoms. The molecule has 0 aliphatic carbocycles. The van der Waals surface area contributed by atoms with Crippen molar-refractivity contribution >= 4 is 23.8 Å². The molecule has 0 heterocycles. The van der Waals surface area contributed by atoms with E-state index in [1.807, 2.05) is 0 Å². The maximum Gasteiger partial charge on any atom is 0.408 e. The Kier molecular flexibility index (Phi) is 9.68. The fourth-order valence-corrected chi connectivity index (χ4v) is 1.71. The van der Waals surface area contributed by atoms with Crippen molar-refractivity contribution in [2.24, 2.45) is 0 Å². The van der Waals surface area contributed by atoms with Gasteiger partial charge in [-0.1, -0.05) is 0 Å². The average Bonchev–Trinajstić information content (AvgIpc) is 2.41. The van der Waals surface area contributed by atoms with Gasteiger partial charge >= 0.3 is 18.0 Å². The molecule has 1 unspecified atom stereocenters. The third-order valence-corrected chi connectivity index (χ3v) is 2.62. The SMILES string of the molecule is CCOC(=O)CC(=O)CCC(NC(=O)OC(C)(C)C)C(=O)OCC. The fourth-order valence-electron chi connectivity index (χ4n) is 1.71. The molecule has 1 atom stereocenters. The van der Waals surface area contributed by atoms with E-state index in [4.69, 9.17) is 9.47 Å². The Hall–Kier alpha value is -2.12. The van der Waals surface area contributed by atoms with E-state index in [0.29, 0.717) is 0 Å². The molecular formula is C16H27NO7. The Morgan fingerprint density at radius 3 is 2.08 bits per heavy atom. The van der Waals surface area contributed by atoms with Gasteiger partial charge in [0.15, 0.2) is 0 Å². The topological polar surface area (TPSA) is 108 Å². The number of rotatable bonds is 9. The van der Waals surface area contributed by atoms with Crippen LogP contribution < -0.4 is 5.32 Å². The second-order valence-corrected chi connectivity index (χ2v) is 6.01. The lowest BCUT2D eigenvalue weighted by Gasteiger charge is -2.22. The van der Waals surface area contributed by atoms with Gasteiger partial charge in [-0.2, -0.15) is 0 Å². The monoisotopic (exact) mass is 345 g/mol. The van der Waals surface area contributed by atoms with E-state index in [0.717, 1.165) is 0 Å².